The number of carbonyl (C=O) groups is 1. The van der Waals surface area contributed by atoms with Gasteiger partial charge in [0.25, 0.3) is 5.91 Å². The molecule has 2 fully saturated rings. The fourth-order valence-corrected chi connectivity index (χ4v) is 6.35. The number of alkyl halides is 3. The molecule has 10 nitrogen and oxygen atoms in total. The van der Waals surface area contributed by atoms with E-state index in [0.29, 0.717) is 79.9 Å². The molecule has 3 aromatic rings. The van der Waals surface area contributed by atoms with Crippen molar-refractivity contribution in [1.82, 2.24) is 25.3 Å². The summed E-state index contributed by atoms with van der Waals surface area (Å²) in [7, 11) is 1.70. The molecule has 2 atom stereocenters. The molecule has 1 N–H and O–H groups in total. The minimum absolute atomic E-state index is 0.0116. The van der Waals surface area contributed by atoms with Gasteiger partial charge in [-0.05, 0) is 62.8 Å². The fourth-order valence-electron chi connectivity index (χ4n) is 6.35. The van der Waals surface area contributed by atoms with E-state index in [1.54, 1.807) is 20.1 Å². The topological polar surface area (TPSA) is 106 Å². The van der Waals surface area contributed by atoms with Crippen molar-refractivity contribution in [2.24, 2.45) is 0 Å². The number of aromatic nitrogens is 3. The van der Waals surface area contributed by atoms with E-state index in [2.05, 4.69) is 15.5 Å². The Bertz CT molecular complexity index is 1500. The number of rotatable bonds is 6. The normalized spacial score (nSPS) is 21.4. The SMILES string of the molecule is CO[C@@H]1COCC[C@@H]1NC1CCN(C(=O)c2nc(-c3cc(C)on3)nc(N3CCc4cc(C(F)(F)F)ccc4C3)c2C)CC1. The lowest BCUT2D eigenvalue weighted by Crippen LogP contribution is -2.54. The molecule has 1 amide bonds. The van der Waals surface area contributed by atoms with Crippen molar-refractivity contribution in [3.8, 4) is 11.5 Å². The monoisotopic (exact) mass is 614 g/mol. The van der Waals surface area contributed by atoms with Crippen molar-refractivity contribution in [2.45, 2.75) is 70.4 Å². The number of likely N-dealkylation sites (tertiary alicyclic amines) is 1. The second-order valence-electron chi connectivity index (χ2n) is 11.8. The van der Waals surface area contributed by atoms with Crippen LogP contribution in [0.25, 0.3) is 11.5 Å². The first kappa shape index (κ1) is 30.5. The highest BCUT2D eigenvalue weighted by atomic mass is 19.4. The Morgan fingerprint density at radius 3 is 2.57 bits per heavy atom. The van der Waals surface area contributed by atoms with Crippen molar-refractivity contribution in [1.29, 1.82) is 0 Å². The Morgan fingerprint density at radius 2 is 1.86 bits per heavy atom. The maximum atomic E-state index is 14.0. The molecule has 2 saturated heterocycles. The van der Waals surface area contributed by atoms with Gasteiger partial charge in [0.15, 0.2) is 11.5 Å². The number of piperidine rings is 1. The number of carbonyl (C=O) groups excluding carboxylic acids is 1. The third-order valence-corrected chi connectivity index (χ3v) is 8.86. The molecule has 3 aliphatic heterocycles. The molecule has 0 bridgehead atoms. The van der Waals surface area contributed by atoms with Crippen molar-refractivity contribution >= 4 is 11.7 Å². The van der Waals surface area contributed by atoms with Gasteiger partial charge in [-0.1, -0.05) is 11.2 Å². The number of nitrogens with zero attached hydrogens (tertiary/aromatic N) is 5. The maximum absolute atomic E-state index is 14.0. The Hall–Kier alpha value is -3.55. The number of benzene rings is 1. The van der Waals surface area contributed by atoms with Crippen LogP contribution in [0.4, 0.5) is 19.0 Å². The molecule has 0 spiro atoms. The maximum Gasteiger partial charge on any atom is 0.416 e. The van der Waals surface area contributed by atoms with Crippen LogP contribution in [0.3, 0.4) is 0 Å². The molecule has 0 unspecified atom stereocenters. The van der Waals surface area contributed by atoms with Crippen LogP contribution in [0, 0.1) is 13.8 Å². The largest absolute Gasteiger partial charge is 0.416 e. The van der Waals surface area contributed by atoms with Crippen molar-refractivity contribution in [2.75, 3.05) is 44.9 Å². The number of ether oxygens (including phenoxy) is 2. The molecule has 1 aromatic carbocycles. The van der Waals surface area contributed by atoms with Crippen molar-refractivity contribution < 1.29 is 32.0 Å². The number of hydrogen-bond donors (Lipinski definition) is 1. The zero-order valence-corrected chi connectivity index (χ0v) is 25.1. The molecule has 0 saturated carbocycles. The van der Waals surface area contributed by atoms with E-state index in [-0.39, 0.29) is 29.9 Å². The van der Waals surface area contributed by atoms with E-state index < -0.39 is 11.7 Å². The molecule has 44 heavy (non-hydrogen) atoms. The molecule has 2 aromatic heterocycles. The fraction of sp³-hybridized carbons (Fsp3) is 0.548. The molecule has 13 heteroatoms. The van der Waals surface area contributed by atoms with Crippen LogP contribution in [0.2, 0.25) is 0 Å². The van der Waals surface area contributed by atoms with E-state index in [4.69, 9.17) is 19.0 Å². The lowest BCUT2D eigenvalue weighted by Gasteiger charge is -2.38. The number of halogens is 3. The van der Waals surface area contributed by atoms with Gasteiger partial charge >= 0.3 is 6.18 Å². The van der Waals surface area contributed by atoms with Crippen LogP contribution < -0.4 is 10.2 Å². The molecule has 236 valence electrons. The van der Waals surface area contributed by atoms with Gasteiger partial charge in [0.05, 0.1) is 18.3 Å². The first-order chi connectivity index (χ1) is 21.1. The van der Waals surface area contributed by atoms with Crippen LogP contribution in [-0.4, -0.2) is 84.1 Å². The van der Waals surface area contributed by atoms with Crippen LogP contribution in [-0.2, 0) is 28.6 Å². The van der Waals surface area contributed by atoms with Crippen LogP contribution in [0.5, 0.6) is 0 Å². The Kier molecular flexibility index (Phi) is 8.62. The van der Waals surface area contributed by atoms with Crippen LogP contribution >= 0.6 is 0 Å². The lowest BCUT2D eigenvalue weighted by molar-refractivity contribution is -0.137. The summed E-state index contributed by atoms with van der Waals surface area (Å²) in [6, 6.07) is 6.07. The summed E-state index contributed by atoms with van der Waals surface area (Å²) >= 11 is 0. The summed E-state index contributed by atoms with van der Waals surface area (Å²) in [5.74, 6) is 1.23. The second-order valence-corrected chi connectivity index (χ2v) is 11.8. The first-order valence-corrected chi connectivity index (χ1v) is 15.0. The van der Waals surface area contributed by atoms with Gasteiger partial charge in [0, 0.05) is 63.6 Å². The molecular weight excluding hydrogens is 577 g/mol. The first-order valence-electron chi connectivity index (χ1n) is 15.0. The van der Waals surface area contributed by atoms with E-state index in [0.717, 1.165) is 30.9 Å². The summed E-state index contributed by atoms with van der Waals surface area (Å²) in [6.45, 7) is 6.83. The Morgan fingerprint density at radius 1 is 1.07 bits per heavy atom. The number of amides is 1. The Labute approximate surface area is 253 Å². The highest BCUT2D eigenvalue weighted by Crippen LogP contribution is 2.34. The van der Waals surface area contributed by atoms with Gasteiger partial charge in [-0.25, -0.2) is 9.97 Å². The predicted octanol–water partition coefficient (Wildman–Crippen LogP) is 4.33. The summed E-state index contributed by atoms with van der Waals surface area (Å²) in [5.41, 5.74) is 2.14. The lowest BCUT2D eigenvalue weighted by atomic mass is 9.96. The number of nitrogens with one attached hydrogen (secondary N) is 1. The van der Waals surface area contributed by atoms with E-state index >= 15 is 0 Å². The predicted molar refractivity (Wildman–Crippen MR) is 155 cm³/mol. The van der Waals surface area contributed by atoms with Gasteiger partial charge < -0.3 is 29.1 Å². The van der Waals surface area contributed by atoms with Gasteiger partial charge in [0.2, 0.25) is 0 Å². The molecule has 3 aliphatic rings. The highest BCUT2D eigenvalue weighted by molar-refractivity contribution is 5.95. The number of hydrogen-bond acceptors (Lipinski definition) is 9. The number of fused-ring (bicyclic) bond motifs is 1. The molecule has 0 aliphatic carbocycles. The highest BCUT2D eigenvalue weighted by Gasteiger charge is 2.34. The zero-order valence-electron chi connectivity index (χ0n) is 25.1. The third-order valence-electron chi connectivity index (χ3n) is 8.86. The van der Waals surface area contributed by atoms with E-state index in [9.17, 15) is 18.0 Å². The van der Waals surface area contributed by atoms with Gasteiger partial charge in [-0.3, -0.25) is 4.79 Å². The number of aryl methyl sites for hydroxylation is 1. The second kappa shape index (κ2) is 12.4. The zero-order chi connectivity index (χ0) is 31.0. The standard InChI is InChI=1S/C31H37F3N6O4/c1-18-14-25(38-44-18)28-36-27(30(41)39-11-7-23(8-12-39)35-24-9-13-43-17-26(24)42-3)19(2)29(37-28)40-10-6-20-15-22(31(32,33)34)5-4-21(20)16-40/h4-5,14-15,23-24,26,35H,6-13,16-17H2,1-3H3/t24-,26+/m0/s1. The average Bonchev–Trinajstić information content (AvgIpc) is 3.46. The van der Waals surface area contributed by atoms with E-state index in [1.807, 2.05) is 16.7 Å². The van der Waals surface area contributed by atoms with Crippen molar-refractivity contribution in [3.05, 3.63) is 58.0 Å². The minimum Gasteiger partial charge on any atom is -0.379 e. The minimum atomic E-state index is -4.39. The van der Waals surface area contributed by atoms with Gasteiger partial charge in [-0.15, -0.1) is 0 Å². The van der Waals surface area contributed by atoms with Gasteiger partial charge in [0.1, 0.15) is 17.3 Å². The van der Waals surface area contributed by atoms with Crippen LogP contribution in [0.1, 0.15) is 57.8 Å². The van der Waals surface area contributed by atoms with Gasteiger partial charge in [-0.2, -0.15) is 13.2 Å². The molecular formula is C31H37F3N6O4. The quantitative estimate of drug-likeness (QED) is 0.435. The smallest absolute Gasteiger partial charge is 0.379 e. The number of anilines is 1. The molecule has 6 rings (SSSR count). The summed E-state index contributed by atoms with van der Waals surface area (Å²) in [4.78, 5) is 27.3. The van der Waals surface area contributed by atoms with Crippen molar-refractivity contribution in [3.63, 3.8) is 0 Å². The molecule has 0 radical (unpaired) electrons. The number of methoxy groups -OCH3 is 1. The molecule has 5 heterocycles. The van der Waals surface area contributed by atoms with E-state index in [1.165, 1.54) is 12.1 Å². The van der Waals surface area contributed by atoms with Crippen LogP contribution in [0.15, 0.2) is 28.8 Å². The summed E-state index contributed by atoms with van der Waals surface area (Å²) in [5, 5.41) is 7.80. The average molecular weight is 615 g/mol. The summed E-state index contributed by atoms with van der Waals surface area (Å²) < 4.78 is 56.3. The Balaban J connectivity index is 1.23. The summed E-state index contributed by atoms with van der Waals surface area (Å²) in [6.07, 6.45) is -1.48. The third kappa shape index (κ3) is 6.31.